The van der Waals surface area contributed by atoms with Crippen LogP contribution in [0.25, 0.3) is 0 Å². The van der Waals surface area contributed by atoms with Gasteiger partial charge < -0.3 is 19.8 Å². The highest BCUT2D eigenvalue weighted by atomic mass is 31.2. The van der Waals surface area contributed by atoms with E-state index in [1.165, 1.54) is 180 Å². The van der Waals surface area contributed by atoms with Crippen LogP contribution < -0.4 is 5.32 Å². The van der Waals surface area contributed by atoms with Crippen LogP contribution in [-0.2, 0) is 18.4 Å². The minimum atomic E-state index is -4.31. The molecule has 0 heterocycles. The van der Waals surface area contributed by atoms with Crippen molar-refractivity contribution in [1.29, 1.82) is 0 Å². The largest absolute Gasteiger partial charge is 0.472 e. The molecule has 0 saturated heterocycles. The van der Waals surface area contributed by atoms with E-state index >= 15 is 0 Å². The van der Waals surface area contributed by atoms with E-state index in [2.05, 4.69) is 19.2 Å². The molecule has 336 valence electrons. The number of quaternary nitrogens is 1. The van der Waals surface area contributed by atoms with Gasteiger partial charge in [-0.15, -0.1) is 0 Å². The summed E-state index contributed by atoms with van der Waals surface area (Å²) in [5.74, 6) is -0.139. The predicted octanol–water partition coefficient (Wildman–Crippen LogP) is 13.8. The van der Waals surface area contributed by atoms with Crippen molar-refractivity contribution in [2.45, 2.75) is 257 Å². The fourth-order valence-corrected chi connectivity index (χ4v) is 8.20. The molecule has 0 aromatic rings. The number of carbonyl (C=O) groups excluding carboxylic acids is 1. The van der Waals surface area contributed by atoms with Crippen molar-refractivity contribution in [2.24, 2.45) is 0 Å². The average Bonchev–Trinajstić information content (AvgIpc) is 3.15. The molecular formula is C47H98N2O6P+. The SMILES string of the molecule is CCCCCCCCCCCCCCCCCCCCCCC(=O)NC(COP(=O)(O)OCC[N+](C)(C)C)C(O)CCCCCCCCCCCCCCCC. The van der Waals surface area contributed by atoms with E-state index in [1.807, 2.05) is 21.1 Å². The van der Waals surface area contributed by atoms with Crippen molar-refractivity contribution in [1.82, 2.24) is 5.32 Å². The number of hydrogen-bond acceptors (Lipinski definition) is 5. The monoisotopic (exact) mass is 818 g/mol. The lowest BCUT2D eigenvalue weighted by Crippen LogP contribution is -2.46. The highest BCUT2D eigenvalue weighted by molar-refractivity contribution is 7.47. The van der Waals surface area contributed by atoms with Gasteiger partial charge in [0.05, 0.1) is 39.9 Å². The lowest BCUT2D eigenvalue weighted by Gasteiger charge is -2.26. The summed E-state index contributed by atoms with van der Waals surface area (Å²) in [6.07, 6.45) is 44.1. The summed E-state index contributed by atoms with van der Waals surface area (Å²) in [5, 5.41) is 14.0. The van der Waals surface area contributed by atoms with Crippen LogP contribution in [-0.4, -0.2) is 73.4 Å². The third-order valence-electron chi connectivity index (χ3n) is 11.4. The lowest BCUT2D eigenvalue weighted by molar-refractivity contribution is -0.870. The Bertz CT molecular complexity index is 885. The lowest BCUT2D eigenvalue weighted by atomic mass is 10.0. The van der Waals surface area contributed by atoms with Crippen LogP contribution in [0.4, 0.5) is 0 Å². The molecule has 0 rings (SSSR count). The first-order valence-electron chi connectivity index (χ1n) is 24.4. The van der Waals surface area contributed by atoms with Crippen LogP contribution in [0.1, 0.15) is 245 Å². The molecule has 56 heavy (non-hydrogen) atoms. The van der Waals surface area contributed by atoms with E-state index in [0.717, 1.165) is 38.5 Å². The third kappa shape index (κ3) is 41.7. The standard InChI is InChI=1S/C47H97N2O6P/c1-6-8-10-12-14-16-18-20-22-23-24-25-26-27-29-31-33-35-37-39-41-47(51)48-45(44-55-56(52,53)54-43-42-49(3,4)5)46(50)40-38-36-34-32-30-28-21-19-17-15-13-11-9-7-2/h45-46,50H,6-44H2,1-5H3,(H-,48,51,52,53)/p+1. The number of aliphatic hydroxyl groups is 1. The van der Waals surface area contributed by atoms with Crippen LogP contribution in [0.3, 0.4) is 0 Å². The highest BCUT2D eigenvalue weighted by Gasteiger charge is 2.28. The van der Waals surface area contributed by atoms with E-state index in [4.69, 9.17) is 9.05 Å². The number of amides is 1. The quantitative estimate of drug-likeness (QED) is 0.0321. The zero-order valence-electron chi connectivity index (χ0n) is 38.2. The molecule has 0 spiro atoms. The second-order valence-corrected chi connectivity index (χ2v) is 19.7. The van der Waals surface area contributed by atoms with Crippen molar-refractivity contribution in [3.8, 4) is 0 Å². The summed E-state index contributed by atoms with van der Waals surface area (Å²) in [6.45, 7) is 4.92. The van der Waals surface area contributed by atoms with Gasteiger partial charge in [-0.2, -0.15) is 0 Å². The number of aliphatic hydroxyl groups excluding tert-OH is 1. The number of rotatable bonds is 45. The molecule has 8 nitrogen and oxygen atoms in total. The highest BCUT2D eigenvalue weighted by Crippen LogP contribution is 2.43. The Kier molecular flexibility index (Phi) is 39.6. The van der Waals surface area contributed by atoms with Crippen LogP contribution in [0.2, 0.25) is 0 Å². The summed E-state index contributed by atoms with van der Waals surface area (Å²) >= 11 is 0. The van der Waals surface area contributed by atoms with Crippen LogP contribution in [0.5, 0.6) is 0 Å². The van der Waals surface area contributed by atoms with Gasteiger partial charge in [-0.05, 0) is 12.8 Å². The first kappa shape index (κ1) is 55.5. The van der Waals surface area contributed by atoms with E-state index in [9.17, 15) is 19.4 Å². The number of unbranched alkanes of at least 4 members (excludes halogenated alkanes) is 32. The molecule has 0 aromatic heterocycles. The maximum Gasteiger partial charge on any atom is 0.472 e. The topological polar surface area (TPSA) is 105 Å². The molecule has 0 aliphatic rings. The predicted molar refractivity (Wildman–Crippen MR) is 240 cm³/mol. The molecule has 0 aliphatic heterocycles. The number of nitrogens with zero attached hydrogens (tertiary/aromatic N) is 1. The zero-order chi connectivity index (χ0) is 41.4. The summed E-state index contributed by atoms with van der Waals surface area (Å²) in [7, 11) is 1.63. The normalized spacial score (nSPS) is 14.2. The maximum absolute atomic E-state index is 12.9. The van der Waals surface area contributed by atoms with Gasteiger partial charge in [0.1, 0.15) is 13.2 Å². The molecule has 3 atom stereocenters. The second kappa shape index (κ2) is 39.9. The summed E-state index contributed by atoms with van der Waals surface area (Å²) in [6, 6.07) is -0.753. The number of phosphoric acid groups is 1. The Morgan fingerprint density at radius 3 is 1.20 bits per heavy atom. The molecule has 0 aliphatic carbocycles. The molecule has 0 aromatic carbocycles. The Hall–Kier alpha value is -0.500. The third-order valence-corrected chi connectivity index (χ3v) is 12.3. The number of hydrogen-bond donors (Lipinski definition) is 3. The van der Waals surface area contributed by atoms with Crippen LogP contribution >= 0.6 is 7.82 Å². The van der Waals surface area contributed by atoms with Crippen molar-refractivity contribution in [3.05, 3.63) is 0 Å². The Labute approximate surface area is 349 Å². The fraction of sp³-hybridized carbons (Fsp3) is 0.979. The smallest absolute Gasteiger partial charge is 0.391 e. The van der Waals surface area contributed by atoms with Gasteiger partial charge in [0, 0.05) is 6.42 Å². The first-order chi connectivity index (χ1) is 27.0. The number of likely N-dealkylation sites (N-methyl/N-ethyl adjacent to an activating group) is 1. The van der Waals surface area contributed by atoms with Crippen LogP contribution in [0, 0.1) is 0 Å². The number of carbonyl (C=O) groups is 1. The molecule has 1 amide bonds. The summed E-state index contributed by atoms with van der Waals surface area (Å²) in [4.78, 5) is 23.2. The molecule has 0 bridgehead atoms. The van der Waals surface area contributed by atoms with E-state index < -0.39 is 20.0 Å². The molecule has 9 heteroatoms. The van der Waals surface area contributed by atoms with E-state index in [1.54, 1.807) is 0 Å². The molecule has 3 unspecified atom stereocenters. The molecule has 0 radical (unpaired) electrons. The maximum atomic E-state index is 12.9. The Morgan fingerprint density at radius 2 is 0.857 bits per heavy atom. The summed E-state index contributed by atoms with van der Waals surface area (Å²) in [5.41, 5.74) is 0. The fourth-order valence-electron chi connectivity index (χ4n) is 7.46. The second-order valence-electron chi connectivity index (χ2n) is 18.2. The minimum Gasteiger partial charge on any atom is -0.391 e. The number of phosphoric ester groups is 1. The van der Waals surface area contributed by atoms with E-state index in [-0.39, 0.29) is 19.1 Å². The molecule has 0 saturated carbocycles. The van der Waals surface area contributed by atoms with E-state index in [0.29, 0.717) is 23.9 Å². The number of nitrogens with one attached hydrogen (secondary N) is 1. The van der Waals surface area contributed by atoms with Gasteiger partial charge in [-0.25, -0.2) is 4.57 Å². The molecule has 0 fully saturated rings. The van der Waals surface area contributed by atoms with Gasteiger partial charge in [-0.3, -0.25) is 13.8 Å². The van der Waals surface area contributed by atoms with Gasteiger partial charge in [-0.1, -0.05) is 226 Å². The van der Waals surface area contributed by atoms with Crippen molar-refractivity contribution in [3.63, 3.8) is 0 Å². The minimum absolute atomic E-state index is 0.0787. The average molecular weight is 818 g/mol. The molecule has 3 N–H and O–H groups in total. The van der Waals surface area contributed by atoms with Crippen molar-refractivity contribution >= 4 is 13.7 Å². The van der Waals surface area contributed by atoms with Crippen molar-refractivity contribution < 1.29 is 32.9 Å². The Morgan fingerprint density at radius 1 is 0.536 bits per heavy atom. The van der Waals surface area contributed by atoms with Gasteiger partial charge in [0.25, 0.3) is 0 Å². The Balaban J connectivity index is 4.23. The van der Waals surface area contributed by atoms with Crippen LogP contribution in [0.15, 0.2) is 0 Å². The molecular weight excluding hydrogens is 719 g/mol. The van der Waals surface area contributed by atoms with Gasteiger partial charge in [0.15, 0.2) is 0 Å². The van der Waals surface area contributed by atoms with Crippen molar-refractivity contribution in [2.75, 3.05) is 40.9 Å². The van der Waals surface area contributed by atoms with Gasteiger partial charge in [0.2, 0.25) is 5.91 Å². The summed E-state index contributed by atoms with van der Waals surface area (Å²) < 4.78 is 23.7. The zero-order valence-corrected chi connectivity index (χ0v) is 39.0. The first-order valence-corrected chi connectivity index (χ1v) is 25.9. The van der Waals surface area contributed by atoms with Gasteiger partial charge >= 0.3 is 7.82 Å².